The Morgan fingerprint density at radius 3 is 2.64 bits per heavy atom. The molecule has 0 spiro atoms. The molecule has 0 aromatic heterocycles. The zero-order valence-corrected chi connectivity index (χ0v) is 18.8. The summed E-state index contributed by atoms with van der Waals surface area (Å²) in [5.41, 5.74) is 9.06. The molecule has 0 aliphatic carbocycles. The maximum Gasteiger partial charge on any atom is 0.254 e. The number of hydrazine groups is 1. The molecule has 1 saturated heterocycles. The monoisotopic (exact) mass is 447 g/mol. The Balaban J connectivity index is 1.26. The van der Waals surface area contributed by atoms with Crippen LogP contribution in [0.15, 0.2) is 78.9 Å². The number of benzene rings is 3. The second kappa shape index (κ2) is 11.1. The number of hydrogen-bond donors (Lipinski definition) is 2. The van der Waals surface area contributed by atoms with Gasteiger partial charge >= 0.3 is 0 Å². The zero-order valence-electron chi connectivity index (χ0n) is 18.8. The normalized spacial score (nSPS) is 17.6. The number of hydrogen-bond acceptors (Lipinski definition) is 4. The highest BCUT2D eigenvalue weighted by Gasteiger charge is 2.25. The van der Waals surface area contributed by atoms with Gasteiger partial charge in [0.25, 0.3) is 5.91 Å². The van der Waals surface area contributed by atoms with Gasteiger partial charge in [0.2, 0.25) is 0 Å². The second-order valence-corrected chi connectivity index (χ2v) is 8.46. The summed E-state index contributed by atoms with van der Waals surface area (Å²) in [5, 5.41) is 0. The first-order valence-corrected chi connectivity index (χ1v) is 11.4. The highest BCUT2D eigenvalue weighted by atomic mass is 19.1. The molecule has 3 aromatic rings. The number of nitrogens with zero attached hydrogens (tertiary/aromatic N) is 1. The predicted octanol–water partition coefficient (Wildman–Crippen LogP) is 4.86. The van der Waals surface area contributed by atoms with Gasteiger partial charge in [0.05, 0.1) is 0 Å². The predicted molar refractivity (Wildman–Crippen MR) is 127 cm³/mol. The van der Waals surface area contributed by atoms with Crippen molar-refractivity contribution in [2.45, 2.75) is 38.0 Å². The molecular weight excluding hydrogens is 417 g/mol. The van der Waals surface area contributed by atoms with Gasteiger partial charge in [-0.15, -0.1) is 0 Å². The number of para-hydroxylation sites is 1. The molecule has 1 fully saturated rings. The molecule has 0 radical (unpaired) electrons. The topological polar surface area (TPSA) is 53.6 Å². The molecule has 172 valence electrons. The third-order valence-electron chi connectivity index (χ3n) is 6.01. The van der Waals surface area contributed by atoms with E-state index >= 15 is 0 Å². The quantitative estimate of drug-likeness (QED) is 0.492. The third-order valence-corrected chi connectivity index (χ3v) is 6.01. The zero-order chi connectivity index (χ0) is 23.0. The van der Waals surface area contributed by atoms with Gasteiger partial charge in [-0.1, -0.05) is 48.5 Å². The SMILES string of the molecule is CN(CCCC1CC(c2cccc(F)c2)NN1)C(=O)c1ccccc1COc1ccccc1. The fourth-order valence-electron chi connectivity index (χ4n) is 4.17. The average Bonchev–Trinajstić information content (AvgIpc) is 3.32. The Morgan fingerprint density at radius 2 is 1.82 bits per heavy atom. The summed E-state index contributed by atoms with van der Waals surface area (Å²) in [6, 6.07) is 24.3. The molecule has 1 amide bonds. The Bertz CT molecular complexity index is 1060. The van der Waals surface area contributed by atoms with Gasteiger partial charge in [-0.3, -0.25) is 15.6 Å². The van der Waals surface area contributed by atoms with Crippen molar-refractivity contribution in [2.75, 3.05) is 13.6 Å². The van der Waals surface area contributed by atoms with Crippen LogP contribution in [0.3, 0.4) is 0 Å². The van der Waals surface area contributed by atoms with E-state index in [1.165, 1.54) is 6.07 Å². The number of ether oxygens (including phenoxy) is 1. The van der Waals surface area contributed by atoms with Crippen molar-refractivity contribution in [3.05, 3.63) is 101 Å². The molecule has 0 bridgehead atoms. The number of rotatable bonds is 9. The van der Waals surface area contributed by atoms with Gasteiger partial charge in [0.15, 0.2) is 0 Å². The molecule has 1 aliphatic rings. The van der Waals surface area contributed by atoms with Crippen LogP contribution in [0.5, 0.6) is 5.75 Å². The highest BCUT2D eigenvalue weighted by molar-refractivity contribution is 5.95. The fourth-order valence-corrected chi connectivity index (χ4v) is 4.17. The van der Waals surface area contributed by atoms with Crippen LogP contribution in [0.1, 0.15) is 46.8 Å². The van der Waals surface area contributed by atoms with E-state index in [9.17, 15) is 9.18 Å². The van der Waals surface area contributed by atoms with Crippen molar-refractivity contribution in [3.8, 4) is 5.75 Å². The summed E-state index contributed by atoms with van der Waals surface area (Å²) >= 11 is 0. The van der Waals surface area contributed by atoms with E-state index in [4.69, 9.17) is 4.74 Å². The first kappa shape index (κ1) is 23.0. The summed E-state index contributed by atoms with van der Waals surface area (Å²) in [5.74, 6) is 0.562. The van der Waals surface area contributed by atoms with E-state index in [0.29, 0.717) is 18.7 Å². The first-order chi connectivity index (χ1) is 16.1. The van der Waals surface area contributed by atoms with Crippen LogP contribution < -0.4 is 15.6 Å². The van der Waals surface area contributed by atoms with Gasteiger partial charge in [0, 0.05) is 36.8 Å². The van der Waals surface area contributed by atoms with Gasteiger partial charge in [-0.25, -0.2) is 4.39 Å². The lowest BCUT2D eigenvalue weighted by Gasteiger charge is -2.20. The number of nitrogens with one attached hydrogen (secondary N) is 2. The summed E-state index contributed by atoms with van der Waals surface area (Å²) in [6.45, 7) is 1.01. The fraction of sp³-hybridized carbons (Fsp3) is 0.296. The largest absolute Gasteiger partial charge is 0.489 e. The molecule has 2 atom stereocenters. The van der Waals surface area contributed by atoms with Gasteiger partial charge in [-0.05, 0) is 55.2 Å². The molecule has 4 rings (SSSR count). The molecule has 5 nitrogen and oxygen atoms in total. The van der Waals surface area contributed by atoms with Crippen molar-refractivity contribution in [2.24, 2.45) is 0 Å². The van der Waals surface area contributed by atoms with Crippen LogP contribution in [0.25, 0.3) is 0 Å². The Hall–Kier alpha value is -3.22. The van der Waals surface area contributed by atoms with Crippen molar-refractivity contribution in [3.63, 3.8) is 0 Å². The van der Waals surface area contributed by atoms with Gasteiger partial charge in [0.1, 0.15) is 18.2 Å². The highest BCUT2D eigenvalue weighted by Crippen LogP contribution is 2.25. The molecule has 6 heteroatoms. The third kappa shape index (κ3) is 6.18. The van der Waals surface area contributed by atoms with Crippen molar-refractivity contribution in [1.82, 2.24) is 15.8 Å². The van der Waals surface area contributed by atoms with Gasteiger partial charge in [-0.2, -0.15) is 0 Å². The minimum atomic E-state index is -0.215. The minimum Gasteiger partial charge on any atom is -0.489 e. The van der Waals surface area contributed by atoms with E-state index in [-0.39, 0.29) is 23.8 Å². The molecule has 1 aliphatic heterocycles. The Labute approximate surface area is 194 Å². The smallest absolute Gasteiger partial charge is 0.254 e. The summed E-state index contributed by atoms with van der Waals surface area (Å²) in [7, 11) is 1.84. The maximum absolute atomic E-state index is 13.5. The van der Waals surface area contributed by atoms with Crippen LogP contribution in [0.2, 0.25) is 0 Å². The van der Waals surface area contributed by atoms with Crippen LogP contribution in [0.4, 0.5) is 4.39 Å². The molecule has 3 aromatic carbocycles. The molecular formula is C27H30FN3O2. The number of carbonyl (C=O) groups excluding carboxylic acids is 1. The molecule has 2 unspecified atom stereocenters. The summed E-state index contributed by atoms with van der Waals surface area (Å²) < 4.78 is 19.4. The first-order valence-electron chi connectivity index (χ1n) is 11.4. The summed E-state index contributed by atoms with van der Waals surface area (Å²) in [4.78, 5) is 14.9. The lowest BCUT2D eigenvalue weighted by atomic mass is 9.99. The van der Waals surface area contributed by atoms with Crippen LogP contribution in [-0.2, 0) is 6.61 Å². The van der Waals surface area contributed by atoms with Crippen LogP contribution >= 0.6 is 0 Å². The number of amides is 1. The molecule has 33 heavy (non-hydrogen) atoms. The second-order valence-electron chi connectivity index (χ2n) is 8.46. The van der Waals surface area contributed by atoms with E-state index < -0.39 is 0 Å². The standard InChI is InChI=1S/C27H30FN3O2/c1-31(16-8-12-23-18-26(30-29-23)20-10-7-11-22(28)17-20)27(32)25-15-6-5-9-21(25)19-33-24-13-3-2-4-14-24/h2-7,9-11,13-15,17,23,26,29-30H,8,12,16,18-19H2,1H3. The lowest BCUT2D eigenvalue weighted by Crippen LogP contribution is -2.32. The van der Waals surface area contributed by atoms with Gasteiger partial charge < -0.3 is 9.64 Å². The molecule has 1 heterocycles. The van der Waals surface area contributed by atoms with E-state index in [1.54, 1.807) is 17.0 Å². The Kier molecular flexibility index (Phi) is 7.70. The van der Waals surface area contributed by atoms with Crippen LogP contribution in [-0.4, -0.2) is 30.4 Å². The Morgan fingerprint density at radius 1 is 1.03 bits per heavy atom. The van der Waals surface area contributed by atoms with E-state index in [2.05, 4.69) is 10.9 Å². The lowest BCUT2D eigenvalue weighted by molar-refractivity contribution is 0.0789. The van der Waals surface area contributed by atoms with Crippen molar-refractivity contribution < 1.29 is 13.9 Å². The number of carbonyl (C=O) groups is 1. The van der Waals surface area contributed by atoms with E-state index in [1.807, 2.05) is 67.7 Å². The molecule has 2 N–H and O–H groups in total. The average molecular weight is 448 g/mol. The van der Waals surface area contributed by atoms with E-state index in [0.717, 1.165) is 36.1 Å². The summed E-state index contributed by atoms with van der Waals surface area (Å²) in [6.07, 6.45) is 2.69. The van der Waals surface area contributed by atoms with Crippen LogP contribution in [0, 0.1) is 5.82 Å². The molecule has 0 saturated carbocycles. The van der Waals surface area contributed by atoms with Crippen molar-refractivity contribution in [1.29, 1.82) is 0 Å². The maximum atomic E-state index is 13.5. The minimum absolute atomic E-state index is 0.00240. The van der Waals surface area contributed by atoms with Crippen molar-refractivity contribution >= 4 is 5.91 Å². The number of halogens is 1.